The molecule has 2 atom stereocenters. The molecule has 0 radical (unpaired) electrons. The van der Waals surface area contributed by atoms with Gasteiger partial charge in [0.05, 0.1) is 25.7 Å². The van der Waals surface area contributed by atoms with Gasteiger partial charge in [-0.05, 0) is 52.6 Å². The Labute approximate surface area is 148 Å². The molecule has 2 nitrogen and oxygen atoms in total. The van der Waals surface area contributed by atoms with E-state index < -0.39 is 18.8 Å². The summed E-state index contributed by atoms with van der Waals surface area (Å²) in [5.41, 5.74) is 1.03. The second-order valence-electron chi connectivity index (χ2n) is 5.59. The summed E-state index contributed by atoms with van der Waals surface area (Å²) in [5.74, 6) is 0. The van der Waals surface area contributed by atoms with Crippen molar-refractivity contribution in [3.05, 3.63) is 26.6 Å². The number of rotatable bonds is 3. The molecule has 0 aliphatic carbocycles. The van der Waals surface area contributed by atoms with Gasteiger partial charge < -0.3 is 10.6 Å². The summed E-state index contributed by atoms with van der Waals surface area (Å²) in [5, 5.41) is 6.78. The van der Waals surface area contributed by atoms with E-state index in [4.69, 9.17) is 0 Å². The van der Waals surface area contributed by atoms with Crippen molar-refractivity contribution in [1.29, 1.82) is 0 Å². The van der Waals surface area contributed by atoms with E-state index in [2.05, 4.69) is 10.6 Å². The van der Waals surface area contributed by atoms with Crippen LogP contribution in [0.4, 0.5) is 23.2 Å². The molecule has 1 unspecified atom stereocenters. The fraction of sp³-hybridized carbons (Fsp3) is 0.467. The third kappa shape index (κ3) is 3.90. The molecule has 2 aromatic rings. The molecule has 8 heteroatoms. The molecular weight excluding hydrogens is 443 g/mol. The van der Waals surface area contributed by atoms with E-state index >= 15 is 0 Å². The van der Waals surface area contributed by atoms with Gasteiger partial charge in [-0.3, -0.25) is 0 Å². The van der Waals surface area contributed by atoms with Crippen molar-refractivity contribution >= 4 is 49.7 Å². The van der Waals surface area contributed by atoms with E-state index in [1.54, 1.807) is 18.2 Å². The quantitative estimate of drug-likeness (QED) is 0.514. The van der Waals surface area contributed by atoms with Crippen LogP contribution in [0.5, 0.6) is 0 Å². The standard InChI is InChI=1S/C15H15F4IN2S/c16-10-7-21-5-4-11(10)22-12-3-1-2-8-9(6-15(17,18)19)14(20)23-13(8)12/h1-3,10-11,21-22H,4-7H2/t10-,11?/m0/s1. The average molecular weight is 458 g/mol. The SMILES string of the molecule is F[C@H]1CNCCC1Nc1cccc2c(CC(F)(F)F)c(I)sc12. The Kier molecular flexibility index (Phi) is 5.03. The van der Waals surface area contributed by atoms with Crippen LogP contribution in [0.2, 0.25) is 0 Å². The Morgan fingerprint density at radius 1 is 1.35 bits per heavy atom. The molecule has 1 aromatic carbocycles. The summed E-state index contributed by atoms with van der Waals surface area (Å²) in [6.45, 7) is 1.03. The smallest absolute Gasteiger partial charge is 0.378 e. The highest BCUT2D eigenvalue weighted by Crippen LogP contribution is 2.40. The minimum absolute atomic E-state index is 0.301. The van der Waals surface area contributed by atoms with Gasteiger partial charge in [0.15, 0.2) is 0 Å². The first kappa shape index (κ1) is 17.2. The Morgan fingerprint density at radius 2 is 2.13 bits per heavy atom. The lowest BCUT2D eigenvalue weighted by Gasteiger charge is -2.28. The number of anilines is 1. The van der Waals surface area contributed by atoms with Gasteiger partial charge in [-0.1, -0.05) is 12.1 Å². The van der Waals surface area contributed by atoms with Crippen LogP contribution >= 0.6 is 33.9 Å². The average Bonchev–Trinajstić information content (AvgIpc) is 2.77. The van der Waals surface area contributed by atoms with Gasteiger partial charge in [0, 0.05) is 6.54 Å². The summed E-state index contributed by atoms with van der Waals surface area (Å²) < 4.78 is 53.7. The zero-order valence-electron chi connectivity index (χ0n) is 12.0. The minimum Gasteiger partial charge on any atom is -0.378 e. The van der Waals surface area contributed by atoms with Crippen molar-refractivity contribution in [3.63, 3.8) is 0 Å². The van der Waals surface area contributed by atoms with Crippen molar-refractivity contribution < 1.29 is 17.6 Å². The zero-order chi connectivity index (χ0) is 16.6. The van der Waals surface area contributed by atoms with Gasteiger partial charge in [-0.2, -0.15) is 13.2 Å². The molecule has 0 spiro atoms. The lowest BCUT2D eigenvalue weighted by molar-refractivity contribution is -0.127. The van der Waals surface area contributed by atoms with E-state index in [-0.39, 0.29) is 6.04 Å². The Morgan fingerprint density at radius 3 is 2.83 bits per heavy atom. The largest absolute Gasteiger partial charge is 0.393 e. The second kappa shape index (κ2) is 6.72. The first-order valence-corrected chi connectivity index (χ1v) is 9.12. The highest BCUT2D eigenvalue weighted by molar-refractivity contribution is 14.1. The number of hydrogen-bond donors (Lipinski definition) is 2. The third-order valence-electron chi connectivity index (χ3n) is 3.90. The van der Waals surface area contributed by atoms with Gasteiger partial charge in [-0.15, -0.1) is 11.3 Å². The van der Waals surface area contributed by atoms with Crippen LogP contribution in [-0.2, 0) is 6.42 Å². The summed E-state index contributed by atoms with van der Waals surface area (Å²) in [6.07, 6.45) is -5.53. The van der Waals surface area contributed by atoms with Crippen LogP contribution in [-0.4, -0.2) is 31.5 Å². The van der Waals surface area contributed by atoms with Crippen LogP contribution in [0, 0.1) is 2.88 Å². The number of alkyl halides is 4. The first-order chi connectivity index (χ1) is 10.8. The molecule has 1 aromatic heterocycles. The Bertz CT molecular complexity index is 701. The third-order valence-corrected chi connectivity index (χ3v) is 6.28. The maximum absolute atomic E-state index is 14.0. The lowest BCUT2D eigenvalue weighted by atomic mass is 10.0. The predicted octanol–water partition coefficient (Wildman–Crippen LogP) is 4.72. The molecule has 3 rings (SSSR count). The van der Waals surface area contributed by atoms with Crippen molar-refractivity contribution in [3.8, 4) is 0 Å². The molecule has 1 fully saturated rings. The Hall–Kier alpha value is -0.610. The van der Waals surface area contributed by atoms with E-state index in [0.717, 1.165) is 11.2 Å². The maximum atomic E-state index is 14.0. The molecule has 0 amide bonds. The number of fused-ring (bicyclic) bond motifs is 1. The lowest BCUT2D eigenvalue weighted by Crippen LogP contribution is -2.45. The molecule has 2 heterocycles. The van der Waals surface area contributed by atoms with Crippen LogP contribution in [0.1, 0.15) is 12.0 Å². The number of hydrogen-bond acceptors (Lipinski definition) is 3. The maximum Gasteiger partial charge on any atom is 0.393 e. The number of thiophene rings is 1. The van der Waals surface area contributed by atoms with Crippen LogP contribution in [0.15, 0.2) is 18.2 Å². The number of piperidine rings is 1. The van der Waals surface area contributed by atoms with Gasteiger partial charge >= 0.3 is 6.18 Å². The topological polar surface area (TPSA) is 24.1 Å². The van der Waals surface area contributed by atoms with Crippen LogP contribution in [0.3, 0.4) is 0 Å². The molecule has 0 saturated carbocycles. The summed E-state index contributed by atoms with van der Waals surface area (Å²) in [4.78, 5) is 0. The predicted molar refractivity (Wildman–Crippen MR) is 94.1 cm³/mol. The normalized spacial score (nSPS) is 22.5. The van der Waals surface area contributed by atoms with Crippen molar-refractivity contribution in [2.75, 3.05) is 18.4 Å². The summed E-state index contributed by atoms with van der Waals surface area (Å²) >= 11 is 3.27. The van der Waals surface area contributed by atoms with Gasteiger partial charge in [0.25, 0.3) is 0 Å². The van der Waals surface area contributed by atoms with Gasteiger partial charge in [0.2, 0.25) is 0 Å². The van der Waals surface area contributed by atoms with Crippen molar-refractivity contribution in [2.45, 2.75) is 31.2 Å². The number of benzene rings is 1. The molecule has 0 bridgehead atoms. The van der Waals surface area contributed by atoms with Crippen LogP contribution < -0.4 is 10.6 Å². The van der Waals surface area contributed by atoms with Crippen molar-refractivity contribution in [1.82, 2.24) is 5.32 Å². The zero-order valence-corrected chi connectivity index (χ0v) is 15.0. The van der Waals surface area contributed by atoms with E-state index in [0.29, 0.717) is 32.5 Å². The highest BCUT2D eigenvalue weighted by Gasteiger charge is 2.31. The fourth-order valence-corrected chi connectivity index (χ4v) is 4.97. The fourth-order valence-electron chi connectivity index (χ4n) is 2.80. The molecular formula is C15H15F4IN2S. The van der Waals surface area contributed by atoms with Crippen LogP contribution in [0.25, 0.3) is 10.1 Å². The highest BCUT2D eigenvalue weighted by atomic mass is 127. The van der Waals surface area contributed by atoms with Gasteiger partial charge in [0.1, 0.15) is 6.17 Å². The first-order valence-electron chi connectivity index (χ1n) is 7.23. The van der Waals surface area contributed by atoms with E-state index in [9.17, 15) is 17.6 Å². The Balaban J connectivity index is 1.94. The monoisotopic (exact) mass is 458 g/mol. The second-order valence-corrected chi connectivity index (χ2v) is 8.42. The molecule has 23 heavy (non-hydrogen) atoms. The van der Waals surface area contributed by atoms with E-state index in [1.165, 1.54) is 11.3 Å². The van der Waals surface area contributed by atoms with Gasteiger partial charge in [-0.25, -0.2) is 4.39 Å². The number of nitrogens with one attached hydrogen (secondary N) is 2. The number of halogens is 5. The summed E-state index contributed by atoms with van der Waals surface area (Å²) in [7, 11) is 0. The summed E-state index contributed by atoms with van der Waals surface area (Å²) in [6, 6.07) is 4.92. The molecule has 1 aliphatic rings. The van der Waals surface area contributed by atoms with Crippen molar-refractivity contribution in [2.24, 2.45) is 0 Å². The molecule has 1 saturated heterocycles. The molecule has 1 aliphatic heterocycles. The van der Waals surface area contributed by atoms with E-state index in [1.807, 2.05) is 22.6 Å². The minimum atomic E-state index is -4.24. The molecule has 126 valence electrons. The molecule has 2 N–H and O–H groups in total.